The predicted molar refractivity (Wildman–Crippen MR) is 84.7 cm³/mol. The summed E-state index contributed by atoms with van der Waals surface area (Å²) in [5.41, 5.74) is 1.94. The minimum absolute atomic E-state index is 0.402. The fourth-order valence-electron chi connectivity index (χ4n) is 1.84. The van der Waals surface area contributed by atoms with Gasteiger partial charge in [0.2, 0.25) is 0 Å². The molecule has 1 heterocycles. The normalized spacial score (nSPS) is 10.6. The van der Waals surface area contributed by atoms with E-state index in [1.165, 1.54) is 0 Å². The summed E-state index contributed by atoms with van der Waals surface area (Å²) in [6.07, 6.45) is 1.05. The third-order valence-electron chi connectivity index (χ3n) is 2.75. The van der Waals surface area contributed by atoms with E-state index in [9.17, 15) is 0 Å². The molecule has 1 N–H and O–H groups in total. The average Bonchev–Trinajstić information content (AvgIpc) is 2.46. The number of anilines is 1. The number of aromatic nitrogens is 2. The van der Waals surface area contributed by atoms with Crippen molar-refractivity contribution in [3.8, 4) is 11.3 Å². The van der Waals surface area contributed by atoms with Crippen molar-refractivity contribution in [2.24, 2.45) is 0 Å². The van der Waals surface area contributed by atoms with Crippen LogP contribution in [-0.2, 0) is 11.3 Å². The van der Waals surface area contributed by atoms with Crippen LogP contribution in [-0.4, -0.2) is 23.6 Å². The molecule has 5 heteroatoms. The molecule has 0 radical (unpaired) electrons. The Morgan fingerprint density at radius 3 is 2.75 bits per heavy atom. The molecule has 0 spiro atoms. The minimum Gasteiger partial charge on any atom is -0.377 e. The molecule has 2 rings (SSSR count). The Labute approximate surface area is 127 Å². The number of hydrogen-bond donors (Lipinski definition) is 1. The molecule has 1 aromatic carbocycles. The molecule has 0 atom stereocenters. The number of nitrogens with one attached hydrogen (secondary N) is 1. The molecule has 0 saturated carbocycles. The van der Waals surface area contributed by atoms with E-state index in [-0.39, 0.29) is 0 Å². The highest BCUT2D eigenvalue weighted by Gasteiger charge is 2.09. The van der Waals surface area contributed by atoms with Gasteiger partial charge in [0.25, 0.3) is 0 Å². The number of nitrogens with zero attached hydrogens (tertiary/aromatic N) is 2. The molecule has 0 unspecified atom stereocenters. The maximum atomic E-state index is 5.14. The molecule has 4 nitrogen and oxygen atoms in total. The van der Waals surface area contributed by atoms with Crippen molar-refractivity contribution in [2.45, 2.75) is 20.0 Å². The van der Waals surface area contributed by atoms with Gasteiger partial charge in [-0.1, -0.05) is 41.1 Å². The molecule has 0 aliphatic rings. The summed E-state index contributed by atoms with van der Waals surface area (Å²) < 4.78 is 6.16. The van der Waals surface area contributed by atoms with Gasteiger partial charge in [-0.15, -0.1) is 0 Å². The lowest BCUT2D eigenvalue weighted by molar-refractivity contribution is 0.178. The van der Waals surface area contributed by atoms with E-state index in [4.69, 9.17) is 4.74 Å². The van der Waals surface area contributed by atoms with Gasteiger partial charge in [-0.3, -0.25) is 0 Å². The van der Waals surface area contributed by atoms with Crippen LogP contribution in [0.25, 0.3) is 11.3 Å². The molecule has 0 saturated heterocycles. The minimum atomic E-state index is 0.402. The van der Waals surface area contributed by atoms with Gasteiger partial charge in [-0.05, 0) is 12.5 Å². The molecule has 0 aliphatic carbocycles. The first-order valence-corrected chi connectivity index (χ1v) is 7.39. The summed E-state index contributed by atoms with van der Waals surface area (Å²) in [6, 6.07) is 9.99. The second-order valence-corrected chi connectivity index (χ2v) is 5.25. The highest BCUT2D eigenvalue weighted by molar-refractivity contribution is 9.10. The number of rotatable bonds is 6. The second-order valence-electron chi connectivity index (χ2n) is 4.39. The summed E-state index contributed by atoms with van der Waals surface area (Å²) in [4.78, 5) is 9.01. The van der Waals surface area contributed by atoms with Crippen molar-refractivity contribution >= 4 is 21.7 Å². The number of benzene rings is 1. The van der Waals surface area contributed by atoms with Gasteiger partial charge in [0.05, 0.1) is 5.69 Å². The fraction of sp³-hybridized carbons (Fsp3) is 0.333. The van der Waals surface area contributed by atoms with E-state index in [1.807, 2.05) is 30.3 Å². The topological polar surface area (TPSA) is 47.0 Å². The lowest BCUT2D eigenvalue weighted by atomic mass is 10.1. The number of methoxy groups -OCH3 is 1. The van der Waals surface area contributed by atoms with Crippen molar-refractivity contribution in [1.82, 2.24) is 9.97 Å². The van der Waals surface area contributed by atoms with Crippen molar-refractivity contribution in [3.63, 3.8) is 0 Å². The van der Waals surface area contributed by atoms with Crippen molar-refractivity contribution in [3.05, 3.63) is 40.6 Å². The van der Waals surface area contributed by atoms with Crippen molar-refractivity contribution < 1.29 is 4.74 Å². The fourth-order valence-corrected chi connectivity index (χ4v) is 2.33. The Morgan fingerprint density at radius 2 is 2.05 bits per heavy atom. The molecule has 20 heavy (non-hydrogen) atoms. The van der Waals surface area contributed by atoms with Crippen LogP contribution in [0.5, 0.6) is 0 Å². The van der Waals surface area contributed by atoms with Gasteiger partial charge in [-0.25, -0.2) is 9.97 Å². The summed E-state index contributed by atoms with van der Waals surface area (Å²) >= 11 is 3.56. The van der Waals surface area contributed by atoms with Crippen LogP contribution in [0.4, 0.5) is 5.82 Å². The standard InChI is InChI=1S/C15H18BrN3O/c1-3-8-17-14-9-13(18-15(19-14)10-20-2)11-6-4-5-7-12(11)16/h4-7,9H,3,8,10H2,1-2H3,(H,17,18,19). The Bertz CT molecular complexity index is 575. The third-order valence-corrected chi connectivity index (χ3v) is 3.44. The molecule has 0 fully saturated rings. The summed E-state index contributed by atoms with van der Waals surface area (Å²) in [6.45, 7) is 3.41. The SMILES string of the molecule is CCCNc1cc(-c2ccccc2Br)nc(COC)n1. The zero-order chi connectivity index (χ0) is 14.4. The van der Waals surface area contributed by atoms with E-state index in [0.29, 0.717) is 12.4 Å². The van der Waals surface area contributed by atoms with Crippen molar-refractivity contribution in [1.29, 1.82) is 0 Å². The third kappa shape index (κ3) is 3.77. The van der Waals surface area contributed by atoms with E-state index in [1.54, 1.807) is 7.11 Å². The Morgan fingerprint density at radius 1 is 1.25 bits per heavy atom. The van der Waals surface area contributed by atoms with Crippen LogP contribution >= 0.6 is 15.9 Å². The average molecular weight is 336 g/mol. The van der Waals surface area contributed by atoms with Crippen molar-refractivity contribution in [2.75, 3.05) is 19.0 Å². The van der Waals surface area contributed by atoms with Crippen LogP contribution in [0.3, 0.4) is 0 Å². The van der Waals surface area contributed by atoms with E-state index >= 15 is 0 Å². The molecule has 2 aromatic rings. The summed E-state index contributed by atoms with van der Waals surface area (Å²) in [7, 11) is 1.65. The number of ether oxygens (including phenoxy) is 1. The molecule has 1 aromatic heterocycles. The lowest BCUT2D eigenvalue weighted by Crippen LogP contribution is -2.06. The largest absolute Gasteiger partial charge is 0.377 e. The first-order chi connectivity index (χ1) is 9.74. The van der Waals surface area contributed by atoms with Crippen LogP contribution in [0.1, 0.15) is 19.2 Å². The molecule has 0 aliphatic heterocycles. The Hall–Kier alpha value is -1.46. The van der Waals surface area contributed by atoms with Gasteiger partial charge in [-0.2, -0.15) is 0 Å². The van der Waals surface area contributed by atoms with Gasteiger partial charge in [0.15, 0.2) is 5.82 Å². The van der Waals surface area contributed by atoms with Crippen LogP contribution in [0.15, 0.2) is 34.8 Å². The monoisotopic (exact) mass is 335 g/mol. The zero-order valence-corrected chi connectivity index (χ0v) is 13.3. The van der Waals surface area contributed by atoms with Gasteiger partial charge < -0.3 is 10.1 Å². The smallest absolute Gasteiger partial charge is 0.157 e. The zero-order valence-electron chi connectivity index (χ0n) is 11.7. The second kappa shape index (κ2) is 7.36. The van der Waals surface area contributed by atoms with Crippen LogP contribution < -0.4 is 5.32 Å². The molecular weight excluding hydrogens is 318 g/mol. The van der Waals surface area contributed by atoms with E-state index in [2.05, 4.69) is 38.1 Å². The predicted octanol–water partition coefficient (Wildman–Crippen LogP) is 3.87. The molecule has 0 amide bonds. The summed E-state index contributed by atoms with van der Waals surface area (Å²) in [5, 5.41) is 3.30. The molecule has 0 bridgehead atoms. The Kier molecular flexibility index (Phi) is 5.49. The molecular formula is C15H18BrN3O. The van der Waals surface area contributed by atoms with E-state index in [0.717, 1.165) is 34.5 Å². The maximum Gasteiger partial charge on any atom is 0.157 e. The first-order valence-electron chi connectivity index (χ1n) is 6.60. The highest BCUT2D eigenvalue weighted by atomic mass is 79.9. The summed E-state index contributed by atoms with van der Waals surface area (Å²) in [5.74, 6) is 1.51. The number of hydrogen-bond acceptors (Lipinski definition) is 4. The maximum absolute atomic E-state index is 5.14. The Balaban J connectivity index is 2.40. The lowest BCUT2D eigenvalue weighted by Gasteiger charge is -2.10. The van der Waals surface area contributed by atoms with Gasteiger partial charge in [0, 0.05) is 29.8 Å². The van der Waals surface area contributed by atoms with Gasteiger partial charge >= 0.3 is 0 Å². The quantitative estimate of drug-likeness (QED) is 0.870. The van der Waals surface area contributed by atoms with Crippen LogP contribution in [0.2, 0.25) is 0 Å². The highest BCUT2D eigenvalue weighted by Crippen LogP contribution is 2.27. The molecule has 106 valence electrons. The van der Waals surface area contributed by atoms with Gasteiger partial charge in [0.1, 0.15) is 12.4 Å². The van der Waals surface area contributed by atoms with Crippen LogP contribution in [0, 0.1) is 0 Å². The first kappa shape index (κ1) is 14.9. The van der Waals surface area contributed by atoms with E-state index < -0.39 is 0 Å². The number of halogens is 1.